The van der Waals surface area contributed by atoms with Crippen molar-refractivity contribution in [2.75, 3.05) is 0 Å². The van der Waals surface area contributed by atoms with Crippen molar-refractivity contribution in [3.05, 3.63) is 83.4 Å². The molecule has 0 amide bonds. The lowest BCUT2D eigenvalue weighted by Gasteiger charge is -2.12. The van der Waals surface area contributed by atoms with Gasteiger partial charge in [0.15, 0.2) is 0 Å². The first-order valence-corrected chi connectivity index (χ1v) is 7.31. The molecule has 0 heterocycles. The van der Waals surface area contributed by atoms with Crippen molar-refractivity contribution in [3.63, 3.8) is 0 Å². The van der Waals surface area contributed by atoms with Crippen LogP contribution in [0.1, 0.15) is 16.7 Å². The minimum Gasteiger partial charge on any atom is -0.192 e. The zero-order valence-corrected chi connectivity index (χ0v) is 12.7. The van der Waals surface area contributed by atoms with Gasteiger partial charge in [0, 0.05) is 5.56 Å². The minimum absolute atomic E-state index is 0.217. The average molecular weight is 305 g/mol. The highest BCUT2D eigenvalue weighted by Crippen LogP contribution is 2.35. The van der Waals surface area contributed by atoms with Gasteiger partial charge in [-0.25, -0.2) is 0 Å². The molecule has 0 saturated heterocycles. The molecule has 3 aromatic carbocycles. The lowest BCUT2D eigenvalue weighted by Crippen LogP contribution is -1.94. The Morgan fingerprint density at radius 2 is 1.25 bits per heavy atom. The topological polar surface area (TPSA) is 71.4 Å². The summed E-state index contributed by atoms with van der Waals surface area (Å²) in [7, 11) is 0. The third-order valence-electron chi connectivity index (χ3n) is 3.80. The summed E-state index contributed by atoms with van der Waals surface area (Å²) in [5.74, 6) is 0. The molecule has 0 aromatic heterocycles. The third kappa shape index (κ3) is 2.61. The molecule has 3 nitrogen and oxygen atoms in total. The first kappa shape index (κ1) is 15.0. The molecule has 0 aliphatic rings. The first-order valence-electron chi connectivity index (χ1n) is 7.31. The van der Waals surface area contributed by atoms with Crippen molar-refractivity contribution in [2.45, 2.75) is 0 Å². The summed E-state index contributed by atoms with van der Waals surface area (Å²) in [6.07, 6.45) is 0. The van der Waals surface area contributed by atoms with E-state index in [4.69, 9.17) is 0 Å². The molecule has 0 N–H and O–H groups in total. The number of nitriles is 3. The van der Waals surface area contributed by atoms with Crippen LogP contribution in [0.2, 0.25) is 0 Å². The van der Waals surface area contributed by atoms with Crippen LogP contribution in [-0.4, -0.2) is 0 Å². The number of hydrogen-bond acceptors (Lipinski definition) is 3. The zero-order chi connectivity index (χ0) is 16.9. The Morgan fingerprint density at radius 3 is 1.88 bits per heavy atom. The van der Waals surface area contributed by atoms with E-state index in [2.05, 4.69) is 12.1 Å². The first-order chi connectivity index (χ1) is 11.8. The highest BCUT2D eigenvalue weighted by Gasteiger charge is 2.15. The van der Waals surface area contributed by atoms with Gasteiger partial charge in [0.1, 0.15) is 12.1 Å². The molecule has 3 heteroatoms. The minimum atomic E-state index is 0.217. The molecule has 0 fully saturated rings. The van der Waals surface area contributed by atoms with Crippen molar-refractivity contribution in [2.24, 2.45) is 0 Å². The van der Waals surface area contributed by atoms with Gasteiger partial charge in [-0.15, -0.1) is 0 Å². The molecule has 0 aliphatic heterocycles. The Labute approximate surface area is 140 Å². The van der Waals surface area contributed by atoms with Gasteiger partial charge in [-0.05, 0) is 28.8 Å². The highest BCUT2D eigenvalue weighted by molar-refractivity contribution is 5.87. The van der Waals surface area contributed by atoms with E-state index in [0.29, 0.717) is 16.7 Å². The highest BCUT2D eigenvalue weighted by atomic mass is 14.3. The third-order valence-corrected chi connectivity index (χ3v) is 3.80. The fourth-order valence-electron chi connectivity index (χ4n) is 2.72. The van der Waals surface area contributed by atoms with Crippen LogP contribution in [0.3, 0.4) is 0 Å². The van der Waals surface area contributed by atoms with Gasteiger partial charge in [-0.1, -0.05) is 54.6 Å². The van der Waals surface area contributed by atoms with Crippen molar-refractivity contribution in [1.29, 1.82) is 15.8 Å². The molecule has 0 unspecified atom stereocenters. The summed E-state index contributed by atoms with van der Waals surface area (Å²) in [5, 5.41) is 28.1. The number of rotatable bonds is 2. The van der Waals surface area contributed by atoms with Crippen LogP contribution in [0.25, 0.3) is 22.3 Å². The molecule has 0 aliphatic carbocycles. The summed E-state index contributed by atoms with van der Waals surface area (Å²) < 4.78 is 0. The second kappa shape index (κ2) is 6.49. The van der Waals surface area contributed by atoms with E-state index in [1.165, 1.54) is 6.07 Å². The second-order valence-corrected chi connectivity index (χ2v) is 5.19. The number of nitrogens with zero attached hydrogens (tertiary/aromatic N) is 3. The normalized spacial score (nSPS) is 9.54. The molecule has 0 saturated carbocycles. The Kier molecular flexibility index (Phi) is 4.07. The van der Waals surface area contributed by atoms with Crippen LogP contribution in [-0.2, 0) is 0 Å². The van der Waals surface area contributed by atoms with E-state index >= 15 is 0 Å². The van der Waals surface area contributed by atoms with Gasteiger partial charge in [-0.3, -0.25) is 0 Å². The Bertz CT molecular complexity index is 1030. The lowest BCUT2D eigenvalue weighted by molar-refractivity contribution is 1.40. The van der Waals surface area contributed by atoms with Crippen molar-refractivity contribution >= 4 is 0 Å². The van der Waals surface area contributed by atoms with Crippen LogP contribution >= 0.6 is 0 Å². The van der Waals surface area contributed by atoms with Crippen molar-refractivity contribution in [1.82, 2.24) is 0 Å². The second-order valence-electron chi connectivity index (χ2n) is 5.19. The maximum atomic E-state index is 9.53. The van der Waals surface area contributed by atoms with Gasteiger partial charge in [0.2, 0.25) is 0 Å². The van der Waals surface area contributed by atoms with Crippen LogP contribution < -0.4 is 0 Å². The van der Waals surface area contributed by atoms with Crippen LogP contribution in [0, 0.1) is 34.0 Å². The summed E-state index contributed by atoms with van der Waals surface area (Å²) in [4.78, 5) is 0. The van der Waals surface area contributed by atoms with Gasteiger partial charge >= 0.3 is 0 Å². The van der Waals surface area contributed by atoms with Gasteiger partial charge in [-0.2, -0.15) is 15.8 Å². The maximum Gasteiger partial charge on any atom is 0.101 e. The summed E-state index contributed by atoms with van der Waals surface area (Å²) in [5.41, 5.74) is 4.27. The fraction of sp³-hybridized carbons (Fsp3) is 0. The lowest BCUT2D eigenvalue weighted by atomic mass is 9.89. The average Bonchev–Trinajstić information content (AvgIpc) is 2.67. The van der Waals surface area contributed by atoms with Gasteiger partial charge in [0.05, 0.1) is 22.8 Å². The molecule has 0 spiro atoms. The summed E-state index contributed by atoms with van der Waals surface area (Å²) >= 11 is 0. The number of benzene rings is 3. The quantitative estimate of drug-likeness (QED) is 0.692. The van der Waals surface area contributed by atoms with E-state index in [1.54, 1.807) is 6.07 Å². The smallest absolute Gasteiger partial charge is 0.101 e. The van der Waals surface area contributed by atoms with Gasteiger partial charge in [0.25, 0.3) is 0 Å². The standard InChI is InChI=1S/C21H11N3/c22-12-15-10-17(13-23)21(14-24)20(11-15)19-9-5-4-8-18(19)16-6-2-1-3-7-16/h1-11H. The maximum absolute atomic E-state index is 9.53. The molecular formula is C21H11N3. The van der Waals surface area contributed by atoms with Crippen LogP contribution in [0.5, 0.6) is 0 Å². The Balaban J connectivity index is 2.35. The molecule has 3 rings (SSSR count). The molecule has 0 atom stereocenters. The van der Waals surface area contributed by atoms with Crippen molar-refractivity contribution < 1.29 is 0 Å². The van der Waals surface area contributed by atoms with Crippen molar-refractivity contribution in [3.8, 4) is 40.5 Å². The summed E-state index contributed by atoms with van der Waals surface area (Å²) in [6, 6.07) is 26.8. The zero-order valence-electron chi connectivity index (χ0n) is 12.7. The Morgan fingerprint density at radius 1 is 0.583 bits per heavy atom. The van der Waals surface area contributed by atoms with Gasteiger partial charge < -0.3 is 0 Å². The SMILES string of the molecule is N#Cc1cc(C#N)c(C#N)c(-c2ccccc2-c2ccccc2)c1. The predicted molar refractivity (Wildman–Crippen MR) is 91.5 cm³/mol. The van der Waals surface area contributed by atoms with E-state index in [0.717, 1.165) is 16.7 Å². The van der Waals surface area contributed by atoms with E-state index in [-0.39, 0.29) is 5.56 Å². The molecule has 0 radical (unpaired) electrons. The monoisotopic (exact) mass is 305 g/mol. The molecule has 3 aromatic rings. The molecule has 110 valence electrons. The van der Waals surface area contributed by atoms with E-state index < -0.39 is 0 Å². The Hall–Kier alpha value is -3.87. The van der Waals surface area contributed by atoms with E-state index in [1.807, 2.05) is 60.7 Å². The molecular weight excluding hydrogens is 294 g/mol. The fourth-order valence-corrected chi connectivity index (χ4v) is 2.72. The van der Waals surface area contributed by atoms with E-state index in [9.17, 15) is 15.8 Å². The number of hydrogen-bond donors (Lipinski definition) is 0. The summed E-state index contributed by atoms with van der Waals surface area (Å²) in [6.45, 7) is 0. The molecule has 24 heavy (non-hydrogen) atoms. The largest absolute Gasteiger partial charge is 0.192 e. The van der Waals surface area contributed by atoms with Crippen LogP contribution in [0.15, 0.2) is 66.7 Å². The predicted octanol–water partition coefficient (Wildman–Crippen LogP) is 4.64. The van der Waals surface area contributed by atoms with Crippen LogP contribution in [0.4, 0.5) is 0 Å². The molecule has 0 bridgehead atoms.